The summed E-state index contributed by atoms with van der Waals surface area (Å²) < 4.78 is 7.02. The molecule has 1 N–H and O–H groups in total. The average Bonchev–Trinajstić information content (AvgIpc) is 3.22. The van der Waals surface area contributed by atoms with E-state index in [2.05, 4.69) is 53.0 Å². The summed E-state index contributed by atoms with van der Waals surface area (Å²) in [5, 5.41) is 1.42. The van der Waals surface area contributed by atoms with Crippen molar-refractivity contribution < 1.29 is 9.53 Å². The Morgan fingerprint density at radius 3 is 2.71 bits per heavy atom. The lowest BCUT2D eigenvalue weighted by atomic mass is 9.45. The molecule has 31 heavy (non-hydrogen) atoms. The van der Waals surface area contributed by atoms with Gasteiger partial charge in [0.2, 0.25) is 0 Å². The molecule has 0 aliphatic heterocycles. The van der Waals surface area contributed by atoms with Gasteiger partial charge in [-0.25, -0.2) is 0 Å². The van der Waals surface area contributed by atoms with Crippen molar-refractivity contribution in [2.75, 3.05) is 0 Å². The second-order valence-corrected chi connectivity index (χ2v) is 12.4. The monoisotopic (exact) mass is 483 g/mol. The van der Waals surface area contributed by atoms with Gasteiger partial charge < -0.3 is 9.72 Å². The van der Waals surface area contributed by atoms with E-state index in [9.17, 15) is 4.79 Å². The number of carbonyl (C=O) groups is 1. The van der Waals surface area contributed by atoms with Gasteiger partial charge in [-0.15, -0.1) is 0 Å². The number of aromatic amines is 1. The third-order valence-electron chi connectivity index (χ3n) is 10.3. The van der Waals surface area contributed by atoms with Crippen LogP contribution in [0.5, 0.6) is 0 Å². The number of nitrogens with one attached hydrogen (secondary N) is 1. The Morgan fingerprint density at radius 2 is 1.90 bits per heavy atom. The molecule has 6 rings (SSSR count). The SMILES string of the molecule is CC(=O)O[C@H]1CCC2C3CCC4Cc5[nH]c6ccc(Br)cc6c5C[C@]4(C)C3CC[C@@]21C. The molecular weight excluding hydrogens is 450 g/mol. The average molecular weight is 484 g/mol. The third kappa shape index (κ3) is 2.85. The van der Waals surface area contributed by atoms with Crippen molar-refractivity contribution in [1.29, 1.82) is 0 Å². The molecule has 166 valence electrons. The molecule has 4 aliphatic carbocycles. The number of halogens is 1. The first-order chi connectivity index (χ1) is 14.8. The van der Waals surface area contributed by atoms with E-state index < -0.39 is 0 Å². The zero-order valence-corrected chi connectivity index (χ0v) is 20.6. The van der Waals surface area contributed by atoms with Crippen molar-refractivity contribution in [2.45, 2.75) is 78.2 Å². The number of hydrogen-bond acceptors (Lipinski definition) is 2. The van der Waals surface area contributed by atoms with Crippen molar-refractivity contribution >= 4 is 32.8 Å². The van der Waals surface area contributed by atoms with Crippen LogP contribution in [-0.4, -0.2) is 17.1 Å². The highest BCUT2D eigenvalue weighted by atomic mass is 79.9. The number of fused-ring (bicyclic) bond motifs is 8. The Kier molecular flexibility index (Phi) is 4.49. The number of rotatable bonds is 1. The Balaban J connectivity index is 1.34. The summed E-state index contributed by atoms with van der Waals surface area (Å²) in [5.74, 6) is 2.99. The Bertz CT molecular complexity index is 1060. The predicted molar refractivity (Wildman–Crippen MR) is 127 cm³/mol. The van der Waals surface area contributed by atoms with Crippen LogP contribution in [0.2, 0.25) is 0 Å². The fourth-order valence-electron chi connectivity index (χ4n) is 8.77. The fourth-order valence-corrected chi connectivity index (χ4v) is 9.13. The van der Waals surface area contributed by atoms with Crippen LogP contribution in [0.1, 0.15) is 70.6 Å². The van der Waals surface area contributed by atoms with Crippen molar-refractivity contribution in [2.24, 2.45) is 34.5 Å². The summed E-state index contributed by atoms with van der Waals surface area (Å²) in [6.45, 7) is 6.63. The van der Waals surface area contributed by atoms with E-state index in [1.165, 1.54) is 66.0 Å². The van der Waals surface area contributed by atoms with Gasteiger partial charge in [0, 0.05) is 33.4 Å². The van der Waals surface area contributed by atoms with Gasteiger partial charge >= 0.3 is 5.97 Å². The van der Waals surface area contributed by atoms with Crippen molar-refractivity contribution in [3.05, 3.63) is 33.9 Å². The highest BCUT2D eigenvalue weighted by molar-refractivity contribution is 9.10. The molecule has 0 radical (unpaired) electrons. The van der Waals surface area contributed by atoms with Crippen LogP contribution < -0.4 is 0 Å². The maximum Gasteiger partial charge on any atom is 0.302 e. The summed E-state index contributed by atoms with van der Waals surface area (Å²) in [6, 6.07) is 6.69. The number of benzene rings is 1. The summed E-state index contributed by atoms with van der Waals surface area (Å²) in [4.78, 5) is 15.5. The smallest absolute Gasteiger partial charge is 0.302 e. The summed E-state index contributed by atoms with van der Waals surface area (Å²) >= 11 is 3.69. The number of carbonyl (C=O) groups excluding carboxylic acids is 1. The van der Waals surface area contributed by atoms with Gasteiger partial charge in [-0.2, -0.15) is 0 Å². The Labute approximate surface area is 193 Å². The molecule has 1 heterocycles. The predicted octanol–water partition coefficient (Wildman–Crippen LogP) is 6.82. The number of hydrogen-bond donors (Lipinski definition) is 1. The van der Waals surface area contributed by atoms with E-state index in [-0.39, 0.29) is 17.5 Å². The normalized spacial score (nSPS) is 41.2. The molecule has 1 aromatic carbocycles. The van der Waals surface area contributed by atoms with Gasteiger partial charge in [-0.3, -0.25) is 4.79 Å². The van der Waals surface area contributed by atoms with Gasteiger partial charge in [0.05, 0.1) is 0 Å². The molecule has 3 nitrogen and oxygen atoms in total. The van der Waals surface area contributed by atoms with E-state index in [1.807, 2.05) is 0 Å². The zero-order valence-electron chi connectivity index (χ0n) is 19.0. The van der Waals surface area contributed by atoms with Gasteiger partial charge in [-0.1, -0.05) is 29.8 Å². The lowest BCUT2D eigenvalue weighted by Crippen LogP contribution is -2.55. The second kappa shape index (κ2) is 6.85. The largest absolute Gasteiger partial charge is 0.462 e. The minimum Gasteiger partial charge on any atom is -0.462 e. The van der Waals surface area contributed by atoms with Crippen molar-refractivity contribution in [3.8, 4) is 0 Å². The molecule has 3 saturated carbocycles. The molecule has 0 amide bonds. The lowest BCUT2D eigenvalue weighted by molar-refractivity contribution is -0.160. The molecule has 0 spiro atoms. The van der Waals surface area contributed by atoms with Gasteiger partial charge in [0.15, 0.2) is 0 Å². The van der Waals surface area contributed by atoms with Crippen molar-refractivity contribution in [3.63, 3.8) is 0 Å². The maximum absolute atomic E-state index is 11.7. The van der Waals surface area contributed by atoms with Crippen LogP contribution in [0, 0.1) is 34.5 Å². The van der Waals surface area contributed by atoms with Gasteiger partial charge in [0.1, 0.15) is 6.10 Å². The third-order valence-corrected chi connectivity index (χ3v) is 10.7. The van der Waals surface area contributed by atoms with Gasteiger partial charge in [0.25, 0.3) is 0 Å². The topological polar surface area (TPSA) is 42.1 Å². The fraction of sp³-hybridized carbons (Fsp3) is 0.667. The van der Waals surface area contributed by atoms with Crippen LogP contribution >= 0.6 is 15.9 Å². The van der Waals surface area contributed by atoms with E-state index in [1.54, 1.807) is 12.5 Å². The molecular formula is C27H34BrNO2. The number of esters is 1. The first-order valence-corrected chi connectivity index (χ1v) is 13.0. The Morgan fingerprint density at radius 1 is 1.10 bits per heavy atom. The van der Waals surface area contributed by atoms with E-state index >= 15 is 0 Å². The first-order valence-electron chi connectivity index (χ1n) is 12.3. The highest BCUT2D eigenvalue weighted by Crippen LogP contribution is 2.66. The molecule has 7 atom stereocenters. The van der Waals surface area contributed by atoms with E-state index in [4.69, 9.17) is 4.74 Å². The standard InChI is InChI=1S/C27H34BrNO2/c1-15(30)31-25-9-7-21-18-6-4-16-12-24-20(19-13-17(28)5-8-23(19)29-24)14-27(16,3)22(18)10-11-26(21,25)2/h5,8,13,16,18,21-22,25,29H,4,6-7,9-12,14H2,1-3H3/t16?,18?,21?,22?,25-,26-,27-/m0/s1. The molecule has 4 unspecified atom stereocenters. The molecule has 2 aromatic rings. The number of ether oxygens (including phenoxy) is 1. The summed E-state index contributed by atoms with van der Waals surface area (Å²) in [6.07, 6.45) is 10.1. The molecule has 0 bridgehead atoms. The number of H-pyrrole nitrogens is 1. The molecule has 4 aliphatic rings. The number of aromatic nitrogens is 1. The van der Waals surface area contributed by atoms with Crippen LogP contribution in [-0.2, 0) is 22.4 Å². The zero-order chi connectivity index (χ0) is 21.5. The van der Waals surface area contributed by atoms with E-state index in [0.29, 0.717) is 11.3 Å². The highest BCUT2D eigenvalue weighted by Gasteiger charge is 2.61. The molecule has 0 saturated heterocycles. The van der Waals surface area contributed by atoms with Crippen LogP contribution in [0.3, 0.4) is 0 Å². The van der Waals surface area contributed by atoms with E-state index in [0.717, 1.165) is 24.2 Å². The van der Waals surface area contributed by atoms with Crippen LogP contribution in [0.25, 0.3) is 10.9 Å². The molecule has 3 fully saturated rings. The quantitative estimate of drug-likeness (QED) is 0.452. The second-order valence-electron chi connectivity index (χ2n) is 11.5. The molecule has 1 aromatic heterocycles. The molecule has 4 heteroatoms. The van der Waals surface area contributed by atoms with Gasteiger partial charge in [-0.05, 0) is 104 Å². The minimum absolute atomic E-state index is 0.102. The minimum atomic E-state index is -0.102. The first kappa shape index (κ1) is 20.3. The summed E-state index contributed by atoms with van der Waals surface area (Å²) in [7, 11) is 0. The van der Waals surface area contributed by atoms with Crippen LogP contribution in [0.4, 0.5) is 0 Å². The Hall–Kier alpha value is -1.29. The maximum atomic E-state index is 11.7. The lowest BCUT2D eigenvalue weighted by Gasteiger charge is -2.60. The van der Waals surface area contributed by atoms with Crippen molar-refractivity contribution in [1.82, 2.24) is 4.98 Å². The summed E-state index contributed by atoms with van der Waals surface area (Å²) in [5.41, 5.74) is 4.93. The van der Waals surface area contributed by atoms with Crippen LogP contribution in [0.15, 0.2) is 22.7 Å².